The Morgan fingerprint density at radius 1 is 1.09 bits per heavy atom. The van der Waals surface area contributed by atoms with Crippen molar-refractivity contribution in [3.8, 4) is 5.75 Å². The number of nitrogens with zero attached hydrogens (tertiary/aromatic N) is 3. The summed E-state index contributed by atoms with van der Waals surface area (Å²) in [7, 11) is 0. The molecule has 2 aromatic carbocycles. The summed E-state index contributed by atoms with van der Waals surface area (Å²) in [6.07, 6.45) is 3.52. The highest BCUT2D eigenvalue weighted by molar-refractivity contribution is 7.13. The minimum atomic E-state index is -0.349. The largest absolute Gasteiger partial charge is 0.486 e. The molecule has 0 saturated carbocycles. The fourth-order valence-corrected chi connectivity index (χ4v) is 4.70. The maximum atomic E-state index is 12.5. The van der Waals surface area contributed by atoms with Gasteiger partial charge in [0.2, 0.25) is 5.01 Å². The van der Waals surface area contributed by atoms with Gasteiger partial charge in [0.25, 0.3) is 11.8 Å². The number of aromatic nitrogens is 2. The Labute approximate surface area is 209 Å². The number of hydrogen-bond donors (Lipinski definition) is 2. The smallest absolute Gasteiger partial charge is 0.286 e. The summed E-state index contributed by atoms with van der Waals surface area (Å²) in [6.45, 7) is 6.52. The minimum absolute atomic E-state index is 0.109. The second-order valence-corrected chi connectivity index (χ2v) is 9.85. The van der Waals surface area contributed by atoms with E-state index < -0.39 is 0 Å². The molecule has 1 fully saturated rings. The minimum Gasteiger partial charge on any atom is -0.486 e. The highest BCUT2D eigenvalue weighted by Gasteiger charge is 2.16. The monoisotopic (exact) mass is 493 g/mol. The Hall–Kier alpha value is -3.30. The van der Waals surface area contributed by atoms with Crippen molar-refractivity contribution in [2.24, 2.45) is 5.92 Å². The topological polar surface area (TPSA) is 96.5 Å². The number of anilines is 1. The van der Waals surface area contributed by atoms with E-state index >= 15 is 0 Å². The lowest BCUT2D eigenvalue weighted by atomic mass is 10.0. The van der Waals surface area contributed by atoms with Crippen LogP contribution in [-0.4, -0.2) is 53.1 Å². The van der Waals surface area contributed by atoms with E-state index in [0.717, 1.165) is 37.7 Å². The summed E-state index contributed by atoms with van der Waals surface area (Å²) in [6, 6.07) is 16.2. The fraction of sp³-hybridized carbons (Fsp3) is 0.385. The predicted molar refractivity (Wildman–Crippen MR) is 137 cm³/mol. The number of ether oxygens (including phenoxy) is 1. The number of carbonyl (C=O) groups excluding carboxylic acids is 2. The molecule has 35 heavy (non-hydrogen) atoms. The average Bonchev–Trinajstić information content (AvgIpc) is 3.36. The molecule has 0 unspecified atom stereocenters. The van der Waals surface area contributed by atoms with Crippen LogP contribution in [0.15, 0.2) is 54.6 Å². The first-order chi connectivity index (χ1) is 17.1. The first kappa shape index (κ1) is 24.8. The Bertz CT molecular complexity index is 1100. The molecule has 1 atom stereocenters. The fourth-order valence-electron chi connectivity index (χ4n) is 4.05. The maximum absolute atomic E-state index is 12.5. The van der Waals surface area contributed by atoms with E-state index in [2.05, 4.69) is 32.7 Å². The van der Waals surface area contributed by atoms with E-state index in [1.807, 2.05) is 30.3 Å². The van der Waals surface area contributed by atoms with E-state index in [1.54, 1.807) is 24.3 Å². The van der Waals surface area contributed by atoms with Crippen molar-refractivity contribution >= 4 is 28.8 Å². The molecule has 0 bridgehead atoms. The van der Waals surface area contributed by atoms with Crippen LogP contribution in [-0.2, 0) is 6.61 Å². The summed E-state index contributed by atoms with van der Waals surface area (Å²) in [5, 5.41) is 14.6. The summed E-state index contributed by atoms with van der Waals surface area (Å²) in [5.74, 6) is 1.04. The van der Waals surface area contributed by atoms with Gasteiger partial charge < -0.3 is 20.3 Å². The van der Waals surface area contributed by atoms with Crippen molar-refractivity contribution in [1.29, 1.82) is 0 Å². The lowest BCUT2D eigenvalue weighted by molar-refractivity contribution is 0.0949. The van der Waals surface area contributed by atoms with Gasteiger partial charge in [-0.05, 0) is 74.7 Å². The Morgan fingerprint density at radius 2 is 1.89 bits per heavy atom. The summed E-state index contributed by atoms with van der Waals surface area (Å²) >= 11 is 1.18. The van der Waals surface area contributed by atoms with Crippen molar-refractivity contribution in [2.75, 3.05) is 31.5 Å². The molecule has 1 aromatic heterocycles. The van der Waals surface area contributed by atoms with Crippen LogP contribution in [0, 0.1) is 5.92 Å². The number of para-hydroxylation sites is 1. The molecule has 0 spiro atoms. The van der Waals surface area contributed by atoms with Gasteiger partial charge in [0.05, 0.1) is 0 Å². The number of benzene rings is 2. The van der Waals surface area contributed by atoms with Gasteiger partial charge in [-0.2, -0.15) is 0 Å². The zero-order valence-corrected chi connectivity index (χ0v) is 20.7. The van der Waals surface area contributed by atoms with Crippen molar-refractivity contribution in [2.45, 2.75) is 32.8 Å². The normalized spacial score (nSPS) is 16.0. The van der Waals surface area contributed by atoms with Crippen LogP contribution in [0.5, 0.6) is 5.75 Å². The molecule has 1 aliphatic heterocycles. The van der Waals surface area contributed by atoms with Crippen LogP contribution in [0.4, 0.5) is 5.69 Å². The molecular formula is C26H31N5O3S. The van der Waals surface area contributed by atoms with Gasteiger partial charge >= 0.3 is 0 Å². The molecule has 8 nitrogen and oxygen atoms in total. The van der Waals surface area contributed by atoms with Crippen molar-refractivity contribution in [3.63, 3.8) is 0 Å². The molecule has 4 rings (SSSR count). The number of amides is 2. The van der Waals surface area contributed by atoms with E-state index in [0.29, 0.717) is 22.8 Å². The van der Waals surface area contributed by atoms with Crippen molar-refractivity contribution in [3.05, 3.63) is 70.2 Å². The summed E-state index contributed by atoms with van der Waals surface area (Å²) in [5.41, 5.74) is 1.15. The van der Waals surface area contributed by atoms with Gasteiger partial charge in [-0.1, -0.05) is 36.5 Å². The molecular weight excluding hydrogens is 462 g/mol. The van der Waals surface area contributed by atoms with Gasteiger partial charge in [-0.3, -0.25) is 9.59 Å². The van der Waals surface area contributed by atoms with Crippen LogP contribution < -0.4 is 15.4 Å². The summed E-state index contributed by atoms with van der Waals surface area (Å²) < 4.78 is 5.65. The van der Waals surface area contributed by atoms with Crippen LogP contribution in [0.3, 0.4) is 0 Å². The van der Waals surface area contributed by atoms with Crippen LogP contribution >= 0.6 is 11.3 Å². The summed E-state index contributed by atoms with van der Waals surface area (Å²) in [4.78, 5) is 27.4. The lowest BCUT2D eigenvalue weighted by Gasteiger charge is -2.30. The standard InChI is InChI=1S/C26H31N5O3S/c1-19-7-5-15-31(17-19)16-6-14-27-24(32)20-10-12-21(13-11-20)28-25(33)26-30-29-23(35-26)18-34-22-8-3-2-4-9-22/h2-4,8-13,19H,5-7,14-18H2,1H3,(H,27,32)(H,28,33)/t19-/m0/s1. The lowest BCUT2D eigenvalue weighted by Crippen LogP contribution is -2.36. The number of likely N-dealkylation sites (tertiary alicyclic amines) is 1. The van der Waals surface area contributed by atoms with E-state index in [4.69, 9.17) is 4.74 Å². The molecule has 2 amide bonds. The van der Waals surface area contributed by atoms with Gasteiger partial charge in [0.15, 0.2) is 5.01 Å². The number of piperidine rings is 1. The van der Waals surface area contributed by atoms with Gasteiger partial charge in [0, 0.05) is 24.3 Å². The van der Waals surface area contributed by atoms with Gasteiger partial charge in [-0.25, -0.2) is 0 Å². The van der Waals surface area contributed by atoms with Gasteiger partial charge in [0.1, 0.15) is 12.4 Å². The number of rotatable bonds is 10. The van der Waals surface area contributed by atoms with Crippen molar-refractivity contribution < 1.29 is 14.3 Å². The molecule has 1 aliphatic rings. The Balaban J connectivity index is 1.19. The zero-order chi connectivity index (χ0) is 24.5. The van der Waals surface area contributed by atoms with E-state index in [9.17, 15) is 9.59 Å². The zero-order valence-electron chi connectivity index (χ0n) is 19.9. The predicted octanol–water partition coefficient (Wildman–Crippen LogP) is 4.22. The third-order valence-corrected chi connectivity index (χ3v) is 6.74. The van der Waals surface area contributed by atoms with Gasteiger partial charge in [-0.15, -0.1) is 10.2 Å². The maximum Gasteiger partial charge on any atom is 0.286 e. The third-order valence-electron chi connectivity index (χ3n) is 5.85. The first-order valence-electron chi connectivity index (χ1n) is 12.0. The highest BCUT2D eigenvalue weighted by Crippen LogP contribution is 2.17. The molecule has 0 aliphatic carbocycles. The highest BCUT2D eigenvalue weighted by atomic mass is 32.1. The quantitative estimate of drug-likeness (QED) is 0.411. The van der Waals surface area contributed by atoms with E-state index in [1.165, 1.54) is 24.2 Å². The molecule has 9 heteroatoms. The van der Waals surface area contributed by atoms with E-state index in [-0.39, 0.29) is 23.4 Å². The number of hydrogen-bond acceptors (Lipinski definition) is 7. The average molecular weight is 494 g/mol. The molecule has 2 N–H and O–H groups in total. The number of nitrogens with one attached hydrogen (secondary N) is 2. The first-order valence-corrected chi connectivity index (χ1v) is 12.8. The molecule has 0 radical (unpaired) electrons. The third kappa shape index (κ3) is 7.60. The Kier molecular flexibility index (Phi) is 8.80. The Morgan fingerprint density at radius 3 is 2.66 bits per heavy atom. The van der Waals surface area contributed by atoms with Crippen LogP contribution in [0.1, 0.15) is 51.4 Å². The van der Waals surface area contributed by atoms with Crippen molar-refractivity contribution in [1.82, 2.24) is 20.4 Å². The van der Waals surface area contributed by atoms with Crippen LogP contribution in [0.25, 0.3) is 0 Å². The molecule has 3 aromatic rings. The molecule has 1 saturated heterocycles. The number of carbonyl (C=O) groups is 2. The second kappa shape index (κ2) is 12.4. The SMILES string of the molecule is C[C@H]1CCCN(CCCNC(=O)c2ccc(NC(=O)c3nnc(COc4ccccc4)s3)cc2)C1. The van der Waals surface area contributed by atoms with Crippen LogP contribution in [0.2, 0.25) is 0 Å². The molecule has 2 heterocycles. The second-order valence-electron chi connectivity index (χ2n) is 8.79. The molecule has 184 valence electrons.